The summed E-state index contributed by atoms with van der Waals surface area (Å²) in [5.74, 6) is 1.21. The zero-order valence-electron chi connectivity index (χ0n) is 19.1. The van der Waals surface area contributed by atoms with Crippen LogP contribution in [0.15, 0.2) is 67.0 Å². The van der Waals surface area contributed by atoms with E-state index >= 15 is 0 Å². The van der Waals surface area contributed by atoms with E-state index < -0.39 is 0 Å². The highest BCUT2D eigenvalue weighted by Crippen LogP contribution is 2.34. The van der Waals surface area contributed by atoms with Crippen molar-refractivity contribution in [3.8, 4) is 11.5 Å². The molecule has 0 bridgehead atoms. The van der Waals surface area contributed by atoms with Crippen LogP contribution in [0.4, 0.5) is 15.9 Å². The molecule has 2 N–H and O–H groups in total. The Labute approximate surface area is 207 Å². The quantitative estimate of drug-likeness (QED) is 0.277. The number of halogens is 2. The van der Waals surface area contributed by atoms with E-state index in [0.717, 1.165) is 0 Å². The summed E-state index contributed by atoms with van der Waals surface area (Å²) in [6.45, 7) is 2.56. The molecule has 0 aliphatic heterocycles. The molecule has 180 valence electrons. The molecule has 0 aliphatic carbocycles. The molecule has 1 aromatic heterocycles. The number of amides is 1. The first-order valence-corrected chi connectivity index (χ1v) is 11.5. The van der Waals surface area contributed by atoms with Gasteiger partial charge in [-0.3, -0.25) is 4.79 Å². The van der Waals surface area contributed by atoms with Gasteiger partial charge in [0.1, 0.15) is 42.7 Å². The molecule has 0 saturated carbocycles. The van der Waals surface area contributed by atoms with Crippen molar-refractivity contribution in [3.05, 3.63) is 83.4 Å². The average Bonchev–Trinajstić information content (AvgIpc) is 2.87. The Morgan fingerprint density at radius 3 is 2.69 bits per heavy atom. The highest BCUT2D eigenvalue weighted by Gasteiger charge is 2.12. The Kier molecular flexibility index (Phi) is 7.95. The van der Waals surface area contributed by atoms with Crippen LogP contribution < -0.4 is 20.1 Å². The van der Waals surface area contributed by atoms with Gasteiger partial charge in [-0.25, -0.2) is 14.4 Å². The molecule has 0 atom stereocenters. The topological polar surface area (TPSA) is 85.4 Å². The number of hydrogen-bond donors (Lipinski definition) is 2. The number of nitrogens with one attached hydrogen (secondary N) is 2. The normalized spacial score (nSPS) is 10.7. The molecule has 35 heavy (non-hydrogen) atoms. The van der Waals surface area contributed by atoms with Gasteiger partial charge in [-0.1, -0.05) is 42.8 Å². The smallest absolute Gasteiger partial charge is 0.219 e. The van der Waals surface area contributed by atoms with Crippen molar-refractivity contribution in [2.24, 2.45) is 0 Å². The fourth-order valence-corrected chi connectivity index (χ4v) is 3.61. The van der Waals surface area contributed by atoms with E-state index in [1.807, 2.05) is 18.2 Å². The van der Waals surface area contributed by atoms with Gasteiger partial charge in [0, 0.05) is 17.7 Å². The maximum Gasteiger partial charge on any atom is 0.219 e. The Balaban J connectivity index is 1.49. The molecule has 0 radical (unpaired) electrons. The van der Waals surface area contributed by atoms with Gasteiger partial charge in [0.05, 0.1) is 22.5 Å². The van der Waals surface area contributed by atoms with Gasteiger partial charge in [-0.2, -0.15) is 0 Å². The van der Waals surface area contributed by atoms with Gasteiger partial charge in [0.2, 0.25) is 5.91 Å². The summed E-state index contributed by atoms with van der Waals surface area (Å²) < 4.78 is 25.5. The van der Waals surface area contributed by atoms with E-state index in [9.17, 15) is 9.18 Å². The van der Waals surface area contributed by atoms with Crippen molar-refractivity contribution in [1.82, 2.24) is 15.3 Å². The lowest BCUT2D eigenvalue weighted by Gasteiger charge is -2.14. The number of anilines is 2. The molecular weight excluding hydrogens is 471 g/mol. The first-order chi connectivity index (χ1) is 17.0. The fourth-order valence-electron chi connectivity index (χ4n) is 3.37. The number of aromatic nitrogens is 2. The van der Waals surface area contributed by atoms with Crippen LogP contribution in [0.3, 0.4) is 0 Å². The number of nitrogens with zero attached hydrogens (tertiary/aromatic N) is 2. The molecular formula is C26H24ClFN4O3. The number of benzene rings is 3. The summed E-state index contributed by atoms with van der Waals surface area (Å²) >= 11 is 6.42. The highest BCUT2D eigenvalue weighted by molar-refractivity contribution is 6.32. The van der Waals surface area contributed by atoms with Gasteiger partial charge in [0.25, 0.3) is 0 Å². The molecule has 4 aromatic rings. The van der Waals surface area contributed by atoms with Gasteiger partial charge < -0.3 is 20.1 Å². The molecule has 3 aromatic carbocycles. The predicted octanol–water partition coefficient (Wildman–Crippen LogP) is 5.65. The predicted molar refractivity (Wildman–Crippen MR) is 134 cm³/mol. The molecule has 9 heteroatoms. The summed E-state index contributed by atoms with van der Waals surface area (Å²) in [4.78, 5) is 20.2. The van der Waals surface area contributed by atoms with E-state index in [1.165, 1.54) is 12.4 Å². The summed E-state index contributed by atoms with van der Waals surface area (Å²) in [6, 6.07) is 17.2. The molecule has 1 heterocycles. The third kappa shape index (κ3) is 6.16. The Morgan fingerprint density at radius 1 is 1.03 bits per heavy atom. The van der Waals surface area contributed by atoms with Crippen LogP contribution in [0.2, 0.25) is 5.02 Å². The minimum absolute atomic E-state index is 0.0320. The van der Waals surface area contributed by atoms with E-state index in [4.69, 9.17) is 21.1 Å². The zero-order chi connectivity index (χ0) is 24.6. The number of rotatable bonds is 10. The van der Waals surface area contributed by atoms with Crippen LogP contribution in [-0.2, 0) is 11.4 Å². The second-order valence-corrected chi connectivity index (χ2v) is 7.98. The molecule has 0 saturated heterocycles. The highest BCUT2D eigenvalue weighted by atomic mass is 35.5. The van der Waals surface area contributed by atoms with Crippen molar-refractivity contribution >= 4 is 39.9 Å². The van der Waals surface area contributed by atoms with Crippen molar-refractivity contribution in [1.29, 1.82) is 0 Å². The lowest BCUT2D eigenvalue weighted by atomic mass is 10.2. The molecule has 0 spiro atoms. The van der Waals surface area contributed by atoms with Gasteiger partial charge in [-0.15, -0.1) is 0 Å². The van der Waals surface area contributed by atoms with Gasteiger partial charge in [0.15, 0.2) is 0 Å². The third-order valence-corrected chi connectivity index (χ3v) is 5.46. The average molecular weight is 495 g/mol. The number of ether oxygens (including phenoxy) is 2. The van der Waals surface area contributed by atoms with E-state index in [1.54, 1.807) is 43.3 Å². The Morgan fingerprint density at radius 2 is 1.89 bits per heavy atom. The second kappa shape index (κ2) is 11.5. The third-order valence-electron chi connectivity index (χ3n) is 5.16. The second-order valence-electron chi connectivity index (χ2n) is 7.57. The van der Waals surface area contributed by atoms with Crippen LogP contribution in [0.25, 0.3) is 10.9 Å². The van der Waals surface area contributed by atoms with Crippen LogP contribution in [0.5, 0.6) is 11.5 Å². The number of carbonyl (C=O) groups is 1. The fraction of sp³-hybridized carbons (Fsp3) is 0.192. The molecule has 7 nitrogen and oxygen atoms in total. The van der Waals surface area contributed by atoms with Crippen molar-refractivity contribution in [3.63, 3.8) is 0 Å². The van der Waals surface area contributed by atoms with Gasteiger partial charge in [-0.05, 0) is 36.4 Å². The number of fused-ring (bicyclic) bond motifs is 1. The van der Waals surface area contributed by atoms with Crippen molar-refractivity contribution in [2.75, 3.05) is 18.5 Å². The Hall–Kier alpha value is -3.91. The summed E-state index contributed by atoms with van der Waals surface area (Å²) in [5.41, 5.74) is 1.83. The molecule has 1 amide bonds. The summed E-state index contributed by atoms with van der Waals surface area (Å²) in [5, 5.41) is 7.11. The number of carbonyl (C=O) groups excluding carboxylic acids is 1. The lowest BCUT2D eigenvalue weighted by Crippen LogP contribution is -2.27. The molecule has 4 rings (SSSR count). The standard InChI is InChI=1S/C26H24ClFN4O3/c1-2-24(33)29-12-13-34-23-9-5-8-21-25(23)26(31-16-30-21)32-18-10-11-22(19(27)14-18)35-15-17-6-3-4-7-20(17)28/h3-11,14,16H,2,12-13,15H2,1H3,(H,29,33)(H,30,31,32). The van der Waals surface area contributed by atoms with Gasteiger partial charge >= 0.3 is 0 Å². The van der Waals surface area contributed by atoms with E-state index in [0.29, 0.717) is 64.1 Å². The zero-order valence-corrected chi connectivity index (χ0v) is 19.8. The minimum Gasteiger partial charge on any atom is -0.491 e. The maximum absolute atomic E-state index is 13.8. The summed E-state index contributed by atoms with van der Waals surface area (Å²) in [7, 11) is 0. The first-order valence-electron chi connectivity index (χ1n) is 11.1. The van der Waals surface area contributed by atoms with Crippen molar-refractivity contribution < 1.29 is 18.7 Å². The SMILES string of the molecule is CCC(=O)NCCOc1cccc2ncnc(Nc3ccc(OCc4ccccc4F)c(Cl)c3)c12. The van der Waals surface area contributed by atoms with Crippen LogP contribution in [0, 0.1) is 5.82 Å². The number of hydrogen-bond acceptors (Lipinski definition) is 6. The summed E-state index contributed by atoms with van der Waals surface area (Å²) in [6.07, 6.45) is 1.88. The molecule has 0 fully saturated rings. The maximum atomic E-state index is 13.8. The Bertz CT molecular complexity index is 1330. The molecule has 0 aliphatic rings. The van der Waals surface area contributed by atoms with Crippen LogP contribution >= 0.6 is 11.6 Å². The van der Waals surface area contributed by atoms with Crippen LogP contribution in [0.1, 0.15) is 18.9 Å². The minimum atomic E-state index is -0.330. The monoisotopic (exact) mass is 494 g/mol. The first kappa shape index (κ1) is 24.2. The lowest BCUT2D eigenvalue weighted by molar-refractivity contribution is -0.120. The van der Waals surface area contributed by atoms with E-state index in [-0.39, 0.29) is 18.3 Å². The largest absolute Gasteiger partial charge is 0.491 e. The van der Waals surface area contributed by atoms with Crippen LogP contribution in [-0.4, -0.2) is 29.0 Å². The van der Waals surface area contributed by atoms with E-state index in [2.05, 4.69) is 20.6 Å². The van der Waals surface area contributed by atoms with Crippen molar-refractivity contribution in [2.45, 2.75) is 20.0 Å². The molecule has 0 unspecified atom stereocenters.